The Bertz CT molecular complexity index is 545. The third-order valence-electron chi connectivity index (χ3n) is 2.42. The second-order valence-corrected chi connectivity index (χ2v) is 3.89. The number of carbonyl (C=O) groups is 1. The molecular weight excluding hydrogens is 240 g/mol. The molecule has 0 aromatic heterocycles. The van der Waals surface area contributed by atoms with Crippen LogP contribution < -0.4 is 0 Å². The van der Waals surface area contributed by atoms with E-state index in [1.165, 1.54) is 6.08 Å². The van der Waals surface area contributed by atoms with Crippen LogP contribution in [0, 0.1) is 22.7 Å². The molecule has 0 aliphatic rings. The summed E-state index contributed by atoms with van der Waals surface area (Å²) in [4.78, 5) is 11.6. The quantitative estimate of drug-likeness (QED) is 0.350. The van der Waals surface area contributed by atoms with Gasteiger partial charge >= 0.3 is 5.97 Å². The van der Waals surface area contributed by atoms with Gasteiger partial charge in [0.1, 0.15) is 11.6 Å². The van der Waals surface area contributed by atoms with Crippen molar-refractivity contribution in [1.82, 2.24) is 0 Å². The fraction of sp³-hybridized carbons (Fsp3) is 0.267. The van der Waals surface area contributed by atoms with E-state index < -0.39 is 5.97 Å². The lowest BCUT2D eigenvalue weighted by atomic mass is 10.1. The van der Waals surface area contributed by atoms with Crippen LogP contribution in [0.25, 0.3) is 6.08 Å². The summed E-state index contributed by atoms with van der Waals surface area (Å²) >= 11 is 0. The molecule has 1 aromatic rings. The van der Waals surface area contributed by atoms with E-state index in [0.29, 0.717) is 17.7 Å². The molecule has 0 radical (unpaired) electrons. The SMILES string of the molecule is CCCCOC(=O)/C(C#N)=C\c1ccc(C#N)cc1. The maximum absolute atomic E-state index is 11.6. The third-order valence-corrected chi connectivity index (χ3v) is 2.42. The molecule has 0 atom stereocenters. The van der Waals surface area contributed by atoms with E-state index in [1.807, 2.05) is 19.1 Å². The van der Waals surface area contributed by atoms with E-state index in [2.05, 4.69) is 0 Å². The molecule has 0 aliphatic carbocycles. The Balaban J connectivity index is 2.78. The first kappa shape index (κ1) is 14.5. The van der Waals surface area contributed by atoms with Crippen LogP contribution in [-0.2, 0) is 9.53 Å². The van der Waals surface area contributed by atoms with Gasteiger partial charge < -0.3 is 4.74 Å². The van der Waals surface area contributed by atoms with Crippen molar-refractivity contribution in [2.24, 2.45) is 0 Å². The highest BCUT2D eigenvalue weighted by Gasteiger charge is 2.10. The zero-order valence-electron chi connectivity index (χ0n) is 10.7. The fourth-order valence-electron chi connectivity index (χ4n) is 1.34. The van der Waals surface area contributed by atoms with Crippen LogP contribution in [0.15, 0.2) is 29.8 Å². The van der Waals surface area contributed by atoms with Gasteiger partial charge in [0.15, 0.2) is 0 Å². The predicted octanol–water partition coefficient (Wildman–Crippen LogP) is 2.81. The van der Waals surface area contributed by atoms with Gasteiger partial charge in [0.2, 0.25) is 0 Å². The maximum Gasteiger partial charge on any atom is 0.348 e. The van der Waals surface area contributed by atoms with E-state index in [0.717, 1.165) is 12.8 Å². The molecule has 0 saturated heterocycles. The van der Waals surface area contributed by atoms with Crippen LogP contribution >= 0.6 is 0 Å². The van der Waals surface area contributed by atoms with Crippen molar-refractivity contribution >= 4 is 12.0 Å². The number of ether oxygens (including phenoxy) is 1. The molecule has 0 fully saturated rings. The summed E-state index contributed by atoms with van der Waals surface area (Å²) in [5.74, 6) is -0.611. The van der Waals surface area contributed by atoms with Crippen LogP contribution in [0.1, 0.15) is 30.9 Å². The van der Waals surface area contributed by atoms with Crippen LogP contribution in [0.5, 0.6) is 0 Å². The molecule has 1 rings (SSSR count). The summed E-state index contributed by atoms with van der Waals surface area (Å²) in [5, 5.41) is 17.6. The number of nitrogens with zero attached hydrogens (tertiary/aromatic N) is 2. The highest BCUT2D eigenvalue weighted by molar-refractivity contribution is 5.97. The number of unbranched alkanes of at least 4 members (excludes halogenated alkanes) is 1. The second-order valence-electron chi connectivity index (χ2n) is 3.89. The largest absolute Gasteiger partial charge is 0.462 e. The number of carbonyl (C=O) groups excluding carboxylic acids is 1. The smallest absolute Gasteiger partial charge is 0.348 e. The Morgan fingerprint density at radius 2 is 2.00 bits per heavy atom. The molecule has 0 amide bonds. The molecule has 96 valence electrons. The molecule has 0 spiro atoms. The monoisotopic (exact) mass is 254 g/mol. The Morgan fingerprint density at radius 3 is 2.53 bits per heavy atom. The molecule has 0 aliphatic heterocycles. The average Bonchev–Trinajstić information content (AvgIpc) is 2.45. The Kier molecular flexibility index (Phi) is 5.85. The number of rotatable bonds is 5. The lowest BCUT2D eigenvalue weighted by Crippen LogP contribution is -2.07. The van der Waals surface area contributed by atoms with E-state index in [4.69, 9.17) is 15.3 Å². The van der Waals surface area contributed by atoms with Crippen LogP contribution in [0.3, 0.4) is 0 Å². The summed E-state index contributed by atoms with van der Waals surface area (Å²) in [6.45, 7) is 2.31. The van der Waals surface area contributed by atoms with Gasteiger partial charge in [-0.05, 0) is 30.2 Å². The molecule has 0 heterocycles. The first-order valence-corrected chi connectivity index (χ1v) is 6.00. The van der Waals surface area contributed by atoms with Crippen LogP contribution in [0.4, 0.5) is 0 Å². The molecule has 0 bridgehead atoms. The molecule has 0 N–H and O–H groups in total. The maximum atomic E-state index is 11.6. The molecule has 4 heteroatoms. The van der Waals surface area contributed by atoms with Crippen molar-refractivity contribution in [1.29, 1.82) is 10.5 Å². The molecular formula is C15H14N2O2. The summed E-state index contributed by atoms with van der Waals surface area (Å²) in [5.41, 5.74) is 1.17. The minimum Gasteiger partial charge on any atom is -0.462 e. The number of hydrogen-bond donors (Lipinski definition) is 0. The van der Waals surface area contributed by atoms with Crippen molar-refractivity contribution in [3.8, 4) is 12.1 Å². The Labute approximate surface area is 112 Å². The zero-order chi connectivity index (χ0) is 14.1. The van der Waals surface area contributed by atoms with Gasteiger partial charge in [0.05, 0.1) is 18.2 Å². The number of hydrogen-bond acceptors (Lipinski definition) is 4. The molecule has 1 aromatic carbocycles. The van der Waals surface area contributed by atoms with Gasteiger partial charge in [-0.15, -0.1) is 0 Å². The molecule has 19 heavy (non-hydrogen) atoms. The van der Waals surface area contributed by atoms with Crippen molar-refractivity contribution in [2.45, 2.75) is 19.8 Å². The molecule has 0 unspecified atom stereocenters. The van der Waals surface area contributed by atoms with Crippen molar-refractivity contribution in [2.75, 3.05) is 6.61 Å². The predicted molar refractivity (Wildman–Crippen MR) is 70.6 cm³/mol. The van der Waals surface area contributed by atoms with Crippen LogP contribution in [0.2, 0.25) is 0 Å². The zero-order valence-corrected chi connectivity index (χ0v) is 10.7. The highest BCUT2D eigenvalue weighted by atomic mass is 16.5. The van der Waals surface area contributed by atoms with Crippen molar-refractivity contribution in [3.05, 3.63) is 41.0 Å². The van der Waals surface area contributed by atoms with Gasteiger partial charge in [-0.3, -0.25) is 0 Å². The number of benzene rings is 1. The van der Waals surface area contributed by atoms with Gasteiger partial charge in [-0.1, -0.05) is 25.5 Å². The summed E-state index contributed by atoms with van der Waals surface area (Å²) < 4.78 is 4.97. The Morgan fingerprint density at radius 1 is 1.32 bits per heavy atom. The number of esters is 1. The summed E-state index contributed by atoms with van der Waals surface area (Å²) in [7, 11) is 0. The number of nitriles is 2. The van der Waals surface area contributed by atoms with Crippen molar-refractivity contribution in [3.63, 3.8) is 0 Å². The van der Waals surface area contributed by atoms with Gasteiger partial charge in [-0.2, -0.15) is 10.5 Å². The lowest BCUT2D eigenvalue weighted by Gasteiger charge is -2.02. The topological polar surface area (TPSA) is 73.9 Å². The van der Waals surface area contributed by atoms with Crippen LogP contribution in [-0.4, -0.2) is 12.6 Å². The van der Waals surface area contributed by atoms with E-state index >= 15 is 0 Å². The fourth-order valence-corrected chi connectivity index (χ4v) is 1.34. The molecule has 4 nitrogen and oxygen atoms in total. The first-order chi connectivity index (χ1) is 9.21. The lowest BCUT2D eigenvalue weighted by molar-refractivity contribution is -0.138. The molecule has 0 saturated carbocycles. The Hall–Kier alpha value is -2.59. The highest BCUT2D eigenvalue weighted by Crippen LogP contribution is 2.09. The van der Waals surface area contributed by atoms with E-state index in [9.17, 15) is 4.79 Å². The third kappa shape index (κ3) is 4.65. The average molecular weight is 254 g/mol. The minimum absolute atomic E-state index is 0.0409. The first-order valence-electron chi connectivity index (χ1n) is 6.00. The van der Waals surface area contributed by atoms with Gasteiger partial charge in [-0.25, -0.2) is 4.79 Å². The minimum atomic E-state index is -0.611. The van der Waals surface area contributed by atoms with Gasteiger partial charge in [0, 0.05) is 0 Å². The van der Waals surface area contributed by atoms with E-state index in [1.54, 1.807) is 24.3 Å². The van der Waals surface area contributed by atoms with Crippen molar-refractivity contribution < 1.29 is 9.53 Å². The standard InChI is InChI=1S/C15H14N2O2/c1-2-3-8-19-15(18)14(11-17)9-12-4-6-13(10-16)7-5-12/h4-7,9H,2-3,8H2,1H3/b14-9-. The van der Waals surface area contributed by atoms with Gasteiger partial charge in [0.25, 0.3) is 0 Å². The summed E-state index contributed by atoms with van der Waals surface area (Å²) in [6.07, 6.45) is 3.16. The summed E-state index contributed by atoms with van der Waals surface area (Å²) in [6, 6.07) is 10.4. The van der Waals surface area contributed by atoms with E-state index in [-0.39, 0.29) is 5.57 Å². The second kappa shape index (κ2) is 7.68. The normalized spacial score (nSPS) is 10.4.